The van der Waals surface area contributed by atoms with Crippen molar-refractivity contribution in [2.45, 2.75) is 20.3 Å². The molecule has 20 heavy (non-hydrogen) atoms. The van der Waals surface area contributed by atoms with E-state index in [0.717, 1.165) is 10.5 Å². The first-order chi connectivity index (χ1) is 9.36. The van der Waals surface area contributed by atoms with Gasteiger partial charge in [-0.15, -0.1) is 11.6 Å². The molecule has 1 aliphatic heterocycles. The predicted octanol–water partition coefficient (Wildman–Crippen LogP) is 2.93. The normalized spacial score (nSPS) is 19.1. The third-order valence-electron chi connectivity index (χ3n) is 3.26. The van der Waals surface area contributed by atoms with E-state index in [2.05, 4.69) is 0 Å². The Bertz CT molecular complexity index is 545. The highest BCUT2D eigenvalue weighted by atomic mass is 35.5. The van der Waals surface area contributed by atoms with Crippen LogP contribution in [0.3, 0.4) is 0 Å². The third kappa shape index (κ3) is 2.58. The SMILES string of the molecule is CN(C(=O)CCl)C(=O)OC1=C2OC=CC=C2CC1(C)C. The van der Waals surface area contributed by atoms with Gasteiger partial charge in [0, 0.05) is 12.5 Å². The van der Waals surface area contributed by atoms with Crippen molar-refractivity contribution in [3.8, 4) is 0 Å². The van der Waals surface area contributed by atoms with Crippen LogP contribution in [0, 0.1) is 5.41 Å². The van der Waals surface area contributed by atoms with Crippen molar-refractivity contribution in [2.75, 3.05) is 12.9 Å². The zero-order valence-corrected chi connectivity index (χ0v) is 12.4. The molecule has 0 unspecified atom stereocenters. The minimum Gasteiger partial charge on any atom is -0.461 e. The lowest BCUT2D eigenvalue weighted by Crippen LogP contribution is -2.35. The molecule has 1 heterocycles. The summed E-state index contributed by atoms with van der Waals surface area (Å²) in [5.74, 6) is 0.203. The number of hydrogen-bond donors (Lipinski definition) is 0. The third-order valence-corrected chi connectivity index (χ3v) is 3.49. The molecule has 0 saturated carbocycles. The van der Waals surface area contributed by atoms with Crippen LogP contribution in [0.15, 0.2) is 35.5 Å². The maximum atomic E-state index is 12.0. The first-order valence-electron chi connectivity index (χ1n) is 6.18. The highest BCUT2D eigenvalue weighted by Crippen LogP contribution is 2.47. The molecular formula is C14H16ClNO4. The van der Waals surface area contributed by atoms with Crippen LogP contribution in [-0.4, -0.2) is 29.8 Å². The Balaban J connectivity index is 2.23. The maximum absolute atomic E-state index is 12.0. The zero-order valence-electron chi connectivity index (χ0n) is 11.6. The molecule has 0 spiro atoms. The largest absolute Gasteiger partial charge is 0.461 e. The van der Waals surface area contributed by atoms with E-state index in [0.29, 0.717) is 17.9 Å². The molecule has 0 N–H and O–H groups in total. The molecule has 1 aliphatic carbocycles. The Morgan fingerprint density at radius 2 is 2.20 bits per heavy atom. The van der Waals surface area contributed by atoms with Crippen molar-refractivity contribution in [3.05, 3.63) is 35.5 Å². The number of fused-ring (bicyclic) bond motifs is 1. The number of rotatable bonds is 2. The van der Waals surface area contributed by atoms with Gasteiger partial charge < -0.3 is 9.47 Å². The van der Waals surface area contributed by atoms with Gasteiger partial charge >= 0.3 is 6.09 Å². The Morgan fingerprint density at radius 3 is 2.85 bits per heavy atom. The molecule has 2 amide bonds. The zero-order chi connectivity index (χ0) is 14.9. The van der Waals surface area contributed by atoms with Gasteiger partial charge in [-0.2, -0.15) is 0 Å². The van der Waals surface area contributed by atoms with Crippen LogP contribution in [0.25, 0.3) is 0 Å². The van der Waals surface area contributed by atoms with E-state index in [1.165, 1.54) is 13.3 Å². The summed E-state index contributed by atoms with van der Waals surface area (Å²) in [6.07, 6.45) is 5.20. The fourth-order valence-electron chi connectivity index (χ4n) is 2.15. The number of ether oxygens (including phenoxy) is 2. The van der Waals surface area contributed by atoms with Crippen LogP contribution in [0.2, 0.25) is 0 Å². The number of carbonyl (C=O) groups excluding carboxylic acids is 2. The molecule has 0 saturated heterocycles. The van der Waals surface area contributed by atoms with Crippen LogP contribution < -0.4 is 0 Å². The van der Waals surface area contributed by atoms with E-state index in [1.807, 2.05) is 19.9 Å². The van der Waals surface area contributed by atoms with E-state index in [9.17, 15) is 9.59 Å². The standard InChI is InChI=1S/C14H16ClNO4/c1-14(2)7-9-5-4-6-19-11(9)12(14)20-13(18)16(3)10(17)8-15/h4-6H,7-8H2,1-3H3. The van der Waals surface area contributed by atoms with Crippen molar-refractivity contribution in [3.63, 3.8) is 0 Å². The van der Waals surface area contributed by atoms with Crippen LogP contribution in [0.4, 0.5) is 4.79 Å². The fourth-order valence-corrected chi connectivity index (χ4v) is 2.33. The number of amides is 2. The van der Waals surface area contributed by atoms with E-state index < -0.39 is 12.0 Å². The molecule has 2 rings (SSSR count). The number of imide groups is 1. The topological polar surface area (TPSA) is 55.8 Å². The summed E-state index contributed by atoms with van der Waals surface area (Å²) >= 11 is 5.42. The van der Waals surface area contributed by atoms with Gasteiger partial charge in [0.25, 0.3) is 0 Å². The summed E-state index contributed by atoms with van der Waals surface area (Å²) < 4.78 is 10.8. The molecule has 0 radical (unpaired) electrons. The number of nitrogens with zero attached hydrogens (tertiary/aromatic N) is 1. The van der Waals surface area contributed by atoms with Crippen molar-refractivity contribution < 1.29 is 19.1 Å². The van der Waals surface area contributed by atoms with Crippen LogP contribution in [-0.2, 0) is 14.3 Å². The summed E-state index contributed by atoms with van der Waals surface area (Å²) in [6.45, 7) is 3.91. The summed E-state index contributed by atoms with van der Waals surface area (Å²) in [5.41, 5.74) is 0.611. The predicted molar refractivity (Wildman–Crippen MR) is 73.7 cm³/mol. The molecular weight excluding hydrogens is 282 g/mol. The van der Waals surface area contributed by atoms with Crippen molar-refractivity contribution >= 4 is 23.6 Å². The molecule has 5 nitrogen and oxygen atoms in total. The van der Waals surface area contributed by atoms with E-state index in [-0.39, 0.29) is 11.3 Å². The fraction of sp³-hybridized carbons (Fsp3) is 0.429. The second kappa shape index (κ2) is 5.32. The van der Waals surface area contributed by atoms with Crippen LogP contribution >= 0.6 is 11.6 Å². The van der Waals surface area contributed by atoms with Gasteiger partial charge in [0.1, 0.15) is 5.88 Å². The second-order valence-electron chi connectivity index (χ2n) is 5.31. The Kier molecular flexibility index (Phi) is 3.90. The first kappa shape index (κ1) is 14.7. The van der Waals surface area contributed by atoms with Crippen molar-refractivity contribution in [1.29, 1.82) is 0 Å². The highest BCUT2D eigenvalue weighted by Gasteiger charge is 2.41. The van der Waals surface area contributed by atoms with Gasteiger partial charge in [-0.25, -0.2) is 9.69 Å². The minimum absolute atomic E-state index is 0.273. The molecule has 0 fully saturated rings. The van der Waals surface area contributed by atoms with Gasteiger partial charge in [-0.05, 0) is 18.1 Å². The lowest BCUT2D eigenvalue weighted by atomic mass is 9.90. The number of carbonyl (C=O) groups is 2. The van der Waals surface area contributed by atoms with E-state index >= 15 is 0 Å². The lowest BCUT2D eigenvalue weighted by Gasteiger charge is -2.22. The number of allylic oxidation sites excluding steroid dienone is 4. The summed E-state index contributed by atoms with van der Waals surface area (Å²) in [5, 5.41) is 0. The molecule has 0 aromatic rings. The average molecular weight is 298 g/mol. The van der Waals surface area contributed by atoms with E-state index in [4.69, 9.17) is 21.1 Å². The van der Waals surface area contributed by atoms with Gasteiger partial charge in [0.2, 0.25) is 5.91 Å². The number of alkyl halides is 1. The Morgan fingerprint density at radius 1 is 1.50 bits per heavy atom. The van der Waals surface area contributed by atoms with E-state index in [1.54, 1.807) is 6.08 Å². The highest BCUT2D eigenvalue weighted by molar-refractivity contribution is 6.28. The van der Waals surface area contributed by atoms with Gasteiger partial charge in [0.05, 0.1) is 6.26 Å². The molecule has 108 valence electrons. The van der Waals surface area contributed by atoms with Gasteiger partial charge in [0.15, 0.2) is 11.5 Å². The average Bonchev–Trinajstić information content (AvgIpc) is 2.67. The van der Waals surface area contributed by atoms with Gasteiger partial charge in [-0.3, -0.25) is 4.79 Å². The molecule has 6 heteroatoms. The molecule has 0 atom stereocenters. The lowest BCUT2D eigenvalue weighted by molar-refractivity contribution is -0.125. The Hall–Kier alpha value is -1.75. The number of halogens is 1. The molecule has 0 aromatic carbocycles. The monoisotopic (exact) mass is 297 g/mol. The van der Waals surface area contributed by atoms with Gasteiger partial charge in [-0.1, -0.05) is 19.9 Å². The molecule has 0 aromatic heterocycles. The second-order valence-corrected chi connectivity index (χ2v) is 5.58. The summed E-state index contributed by atoms with van der Waals surface area (Å²) in [6, 6.07) is 0. The molecule has 0 bridgehead atoms. The molecule has 2 aliphatic rings. The maximum Gasteiger partial charge on any atom is 0.421 e. The quantitative estimate of drug-likeness (QED) is 0.735. The number of hydrogen-bond acceptors (Lipinski definition) is 4. The summed E-state index contributed by atoms with van der Waals surface area (Å²) in [7, 11) is 1.33. The smallest absolute Gasteiger partial charge is 0.421 e. The van der Waals surface area contributed by atoms with Crippen LogP contribution in [0.1, 0.15) is 20.3 Å². The van der Waals surface area contributed by atoms with Crippen LogP contribution in [0.5, 0.6) is 0 Å². The first-order valence-corrected chi connectivity index (χ1v) is 6.72. The summed E-state index contributed by atoms with van der Waals surface area (Å²) in [4.78, 5) is 24.2. The minimum atomic E-state index is -0.759. The van der Waals surface area contributed by atoms with Crippen molar-refractivity contribution in [1.82, 2.24) is 4.90 Å². The van der Waals surface area contributed by atoms with Crippen molar-refractivity contribution in [2.24, 2.45) is 5.41 Å². The Labute approximate surface area is 122 Å².